The zero-order valence-electron chi connectivity index (χ0n) is 9.26. The summed E-state index contributed by atoms with van der Waals surface area (Å²) in [6.07, 6.45) is 4.55. The molecule has 1 aliphatic rings. The molecule has 0 aromatic carbocycles. The first-order chi connectivity index (χ1) is 8.09. The Morgan fingerprint density at radius 2 is 2.00 bits per heavy atom. The third-order valence-electron chi connectivity index (χ3n) is 2.65. The number of piperidine rings is 1. The zero-order valence-corrected chi connectivity index (χ0v) is 11.7. The van der Waals surface area contributed by atoms with E-state index in [-0.39, 0.29) is 0 Å². The third-order valence-corrected chi connectivity index (χ3v) is 4.81. The summed E-state index contributed by atoms with van der Waals surface area (Å²) in [5.41, 5.74) is 0.470. The fourth-order valence-corrected chi connectivity index (χ4v) is 3.56. The van der Waals surface area contributed by atoms with E-state index in [1.165, 1.54) is 4.31 Å². The number of hydrogen-bond donors (Lipinski definition) is 1. The first-order valence-corrected chi connectivity index (χ1v) is 7.71. The van der Waals surface area contributed by atoms with Crippen LogP contribution < -0.4 is 4.72 Å². The minimum atomic E-state index is -3.45. The standard InChI is InChI=1S/C10H14BrN3O2S/c11-10-9(5-4-6-12-10)13-17(15,16)14-7-2-1-3-8-14/h4-6,13H,1-3,7-8H2. The van der Waals surface area contributed by atoms with E-state index in [0.29, 0.717) is 23.4 Å². The predicted octanol–water partition coefficient (Wildman–Crippen LogP) is 1.99. The van der Waals surface area contributed by atoms with Crippen LogP contribution in [0.25, 0.3) is 0 Å². The average molecular weight is 320 g/mol. The van der Waals surface area contributed by atoms with E-state index in [1.807, 2.05) is 0 Å². The number of pyridine rings is 1. The molecule has 0 radical (unpaired) electrons. The van der Waals surface area contributed by atoms with Crippen LogP contribution in [0.4, 0.5) is 5.69 Å². The van der Waals surface area contributed by atoms with Gasteiger partial charge in [0, 0.05) is 19.3 Å². The topological polar surface area (TPSA) is 62.3 Å². The fraction of sp³-hybridized carbons (Fsp3) is 0.500. The van der Waals surface area contributed by atoms with Crippen molar-refractivity contribution in [3.8, 4) is 0 Å². The normalized spacial score (nSPS) is 17.9. The molecule has 0 atom stereocenters. The number of nitrogens with one attached hydrogen (secondary N) is 1. The molecule has 0 aliphatic carbocycles. The van der Waals surface area contributed by atoms with Crippen LogP contribution in [0.15, 0.2) is 22.9 Å². The van der Waals surface area contributed by atoms with Crippen molar-refractivity contribution in [1.29, 1.82) is 0 Å². The van der Waals surface area contributed by atoms with Gasteiger partial charge < -0.3 is 0 Å². The summed E-state index contributed by atoms with van der Waals surface area (Å²) in [7, 11) is -3.45. The Kier molecular flexibility index (Phi) is 4.01. The number of nitrogens with zero attached hydrogens (tertiary/aromatic N) is 2. The molecular formula is C10H14BrN3O2S. The Morgan fingerprint density at radius 3 is 2.65 bits per heavy atom. The van der Waals surface area contributed by atoms with E-state index in [1.54, 1.807) is 18.3 Å². The van der Waals surface area contributed by atoms with Gasteiger partial charge in [0.25, 0.3) is 0 Å². The van der Waals surface area contributed by atoms with Crippen molar-refractivity contribution >= 4 is 31.8 Å². The van der Waals surface area contributed by atoms with Gasteiger partial charge in [-0.2, -0.15) is 12.7 Å². The second-order valence-electron chi connectivity index (χ2n) is 3.91. The van der Waals surface area contributed by atoms with E-state index in [4.69, 9.17) is 0 Å². The van der Waals surface area contributed by atoms with Crippen LogP contribution in [-0.2, 0) is 10.2 Å². The van der Waals surface area contributed by atoms with Crippen LogP contribution in [-0.4, -0.2) is 30.8 Å². The molecule has 1 aliphatic heterocycles. The molecular weight excluding hydrogens is 306 g/mol. The van der Waals surface area contributed by atoms with Crippen LogP contribution in [0, 0.1) is 0 Å². The van der Waals surface area contributed by atoms with E-state index in [0.717, 1.165) is 19.3 Å². The fourth-order valence-electron chi connectivity index (χ4n) is 1.77. The van der Waals surface area contributed by atoms with Crippen LogP contribution in [0.5, 0.6) is 0 Å². The lowest BCUT2D eigenvalue weighted by atomic mass is 10.2. The first-order valence-electron chi connectivity index (χ1n) is 5.48. The number of halogens is 1. The minimum absolute atomic E-state index is 0.470. The van der Waals surface area contributed by atoms with Crippen molar-refractivity contribution in [2.24, 2.45) is 0 Å². The van der Waals surface area contributed by atoms with Crippen molar-refractivity contribution in [2.75, 3.05) is 17.8 Å². The summed E-state index contributed by atoms with van der Waals surface area (Å²) in [4.78, 5) is 3.98. The highest BCUT2D eigenvalue weighted by molar-refractivity contribution is 9.10. The van der Waals surface area contributed by atoms with E-state index >= 15 is 0 Å². The molecule has 0 amide bonds. The van der Waals surface area contributed by atoms with Gasteiger partial charge in [-0.1, -0.05) is 6.42 Å². The predicted molar refractivity (Wildman–Crippen MR) is 69.9 cm³/mol. The molecule has 0 saturated carbocycles. The first kappa shape index (κ1) is 12.8. The lowest BCUT2D eigenvalue weighted by molar-refractivity contribution is 0.349. The summed E-state index contributed by atoms with van der Waals surface area (Å²) in [5, 5.41) is 0. The lowest BCUT2D eigenvalue weighted by Gasteiger charge is -2.26. The van der Waals surface area contributed by atoms with Gasteiger partial charge in [-0.15, -0.1) is 0 Å². The van der Waals surface area contributed by atoms with Crippen LogP contribution in [0.3, 0.4) is 0 Å². The van der Waals surface area contributed by atoms with Gasteiger partial charge in [0.05, 0.1) is 5.69 Å². The number of rotatable bonds is 3. The Morgan fingerprint density at radius 1 is 1.29 bits per heavy atom. The SMILES string of the molecule is O=S(=O)(Nc1cccnc1Br)N1CCCCC1. The average Bonchev–Trinajstić information content (AvgIpc) is 2.33. The van der Waals surface area contributed by atoms with Gasteiger partial charge in [-0.3, -0.25) is 4.72 Å². The van der Waals surface area contributed by atoms with E-state index < -0.39 is 10.2 Å². The van der Waals surface area contributed by atoms with Gasteiger partial charge in [0.2, 0.25) is 0 Å². The largest absolute Gasteiger partial charge is 0.301 e. The maximum absolute atomic E-state index is 12.1. The molecule has 7 heteroatoms. The highest BCUT2D eigenvalue weighted by atomic mass is 79.9. The summed E-state index contributed by atoms with van der Waals surface area (Å²) in [6.45, 7) is 1.18. The Bertz CT molecular complexity index is 486. The highest BCUT2D eigenvalue weighted by Gasteiger charge is 2.24. The van der Waals surface area contributed by atoms with E-state index in [9.17, 15) is 8.42 Å². The molecule has 0 unspecified atom stereocenters. The molecule has 94 valence electrons. The van der Waals surface area contributed by atoms with Crippen molar-refractivity contribution in [3.05, 3.63) is 22.9 Å². The van der Waals surface area contributed by atoms with Crippen molar-refractivity contribution in [1.82, 2.24) is 9.29 Å². The minimum Gasteiger partial charge on any atom is -0.268 e. The molecule has 2 rings (SSSR count). The van der Waals surface area contributed by atoms with Crippen LogP contribution >= 0.6 is 15.9 Å². The summed E-state index contributed by atoms with van der Waals surface area (Å²) in [6, 6.07) is 3.37. The maximum Gasteiger partial charge on any atom is 0.301 e. The molecule has 1 fully saturated rings. The Balaban J connectivity index is 2.14. The molecule has 17 heavy (non-hydrogen) atoms. The maximum atomic E-state index is 12.1. The van der Waals surface area contributed by atoms with Gasteiger partial charge in [-0.25, -0.2) is 4.98 Å². The van der Waals surface area contributed by atoms with Gasteiger partial charge in [0.15, 0.2) is 0 Å². The molecule has 2 heterocycles. The molecule has 1 aromatic heterocycles. The summed E-state index contributed by atoms with van der Waals surface area (Å²) in [5.74, 6) is 0. The van der Waals surface area contributed by atoms with Gasteiger partial charge >= 0.3 is 10.2 Å². The molecule has 1 aromatic rings. The Hall–Kier alpha value is -0.660. The second kappa shape index (κ2) is 5.32. The smallest absolute Gasteiger partial charge is 0.268 e. The monoisotopic (exact) mass is 319 g/mol. The summed E-state index contributed by atoms with van der Waals surface area (Å²) >= 11 is 3.22. The van der Waals surface area contributed by atoms with Crippen molar-refractivity contribution in [3.63, 3.8) is 0 Å². The number of hydrogen-bond acceptors (Lipinski definition) is 3. The number of anilines is 1. The van der Waals surface area contributed by atoms with E-state index in [2.05, 4.69) is 25.6 Å². The number of aromatic nitrogens is 1. The van der Waals surface area contributed by atoms with Crippen molar-refractivity contribution in [2.45, 2.75) is 19.3 Å². The Labute approximate surface area is 110 Å². The molecule has 0 bridgehead atoms. The molecule has 5 nitrogen and oxygen atoms in total. The summed E-state index contributed by atoms with van der Waals surface area (Å²) < 4.78 is 28.7. The van der Waals surface area contributed by atoms with Gasteiger partial charge in [0.1, 0.15) is 4.60 Å². The van der Waals surface area contributed by atoms with Crippen LogP contribution in [0.2, 0.25) is 0 Å². The third kappa shape index (κ3) is 3.17. The van der Waals surface area contributed by atoms with Crippen molar-refractivity contribution < 1.29 is 8.42 Å². The second-order valence-corrected chi connectivity index (χ2v) is 6.33. The lowest BCUT2D eigenvalue weighted by Crippen LogP contribution is -2.39. The molecule has 0 spiro atoms. The van der Waals surface area contributed by atoms with Crippen LogP contribution in [0.1, 0.15) is 19.3 Å². The van der Waals surface area contributed by atoms with Gasteiger partial charge in [-0.05, 0) is 40.9 Å². The molecule has 1 saturated heterocycles. The highest BCUT2D eigenvalue weighted by Crippen LogP contribution is 2.22. The quantitative estimate of drug-likeness (QED) is 0.867. The zero-order chi connectivity index (χ0) is 12.3. The molecule has 1 N–H and O–H groups in total.